The topological polar surface area (TPSA) is 71.3 Å². The molecule has 0 bridgehead atoms. The molecule has 126 valence electrons. The fraction of sp³-hybridized carbons (Fsp3) is 0.111. The maximum atomic E-state index is 14.6. The monoisotopic (exact) mass is 356 g/mol. The Hall–Kier alpha value is -2.80. The molecule has 0 atom stereocenters. The molecule has 0 fully saturated rings. The van der Waals surface area contributed by atoms with Gasteiger partial charge in [-0.15, -0.1) is 0 Å². The zero-order valence-corrected chi connectivity index (χ0v) is 14.0. The number of fused-ring (bicyclic) bond motifs is 3. The van der Waals surface area contributed by atoms with Crippen molar-refractivity contribution in [3.63, 3.8) is 0 Å². The number of aromatic carboxylic acids is 1. The van der Waals surface area contributed by atoms with Crippen molar-refractivity contribution in [2.45, 2.75) is 10.9 Å². The molecule has 0 amide bonds. The lowest BCUT2D eigenvalue weighted by atomic mass is 10.0. The van der Waals surface area contributed by atoms with Crippen LogP contribution in [0.15, 0.2) is 46.2 Å². The van der Waals surface area contributed by atoms with Gasteiger partial charge in [-0.1, -0.05) is 23.9 Å². The summed E-state index contributed by atoms with van der Waals surface area (Å²) in [7, 11) is 1.80. The van der Waals surface area contributed by atoms with Crippen LogP contribution in [0.3, 0.4) is 0 Å². The zero-order chi connectivity index (χ0) is 17.7. The van der Waals surface area contributed by atoms with Crippen LogP contribution in [0.1, 0.15) is 10.4 Å². The highest BCUT2D eigenvalue weighted by atomic mass is 32.2. The van der Waals surface area contributed by atoms with Gasteiger partial charge in [0.2, 0.25) is 5.43 Å². The number of carbonyl (C=O) groups is 1. The van der Waals surface area contributed by atoms with Crippen LogP contribution in [-0.2, 0) is 5.88 Å². The lowest BCUT2D eigenvalue weighted by molar-refractivity contribution is 0.0689. The van der Waals surface area contributed by atoms with Crippen LogP contribution >= 0.6 is 11.8 Å². The molecule has 7 heteroatoms. The Balaban J connectivity index is 1.99. The summed E-state index contributed by atoms with van der Waals surface area (Å²) >= 11 is 1.31. The number of nitrogens with zero attached hydrogens (tertiary/aromatic N) is 1. The highest BCUT2D eigenvalue weighted by molar-refractivity contribution is 7.99. The minimum Gasteiger partial charge on any atom is -0.477 e. The number of thioether (sulfide) groups is 1. The van der Waals surface area contributed by atoms with E-state index in [1.165, 1.54) is 11.8 Å². The van der Waals surface area contributed by atoms with E-state index in [0.717, 1.165) is 11.8 Å². The number of carboxylic acids is 1. The third kappa shape index (κ3) is 2.31. The van der Waals surface area contributed by atoms with Crippen molar-refractivity contribution >= 4 is 34.3 Å². The molecule has 0 saturated heterocycles. The van der Waals surface area contributed by atoms with E-state index in [2.05, 4.69) is 5.32 Å². The maximum Gasteiger partial charge on any atom is 0.342 e. The summed E-state index contributed by atoms with van der Waals surface area (Å²) < 4.78 is 16.4. The van der Waals surface area contributed by atoms with Crippen LogP contribution in [0.2, 0.25) is 0 Å². The first-order valence-corrected chi connectivity index (χ1v) is 8.54. The van der Waals surface area contributed by atoms with Crippen molar-refractivity contribution in [3.8, 4) is 11.1 Å². The zero-order valence-electron chi connectivity index (χ0n) is 13.2. The summed E-state index contributed by atoms with van der Waals surface area (Å²) in [5.41, 5.74) is 1.61. The molecule has 0 saturated carbocycles. The minimum absolute atomic E-state index is 0.0922. The highest BCUT2D eigenvalue weighted by Crippen LogP contribution is 2.38. The van der Waals surface area contributed by atoms with Crippen molar-refractivity contribution in [2.75, 3.05) is 12.4 Å². The predicted octanol–water partition coefficient (Wildman–Crippen LogP) is 3.61. The van der Waals surface area contributed by atoms with Crippen molar-refractivity contribution in [1.29, 1.82) is 0 Å². The second kappa shape index (κ2) is 5.63. The lowest BCUT2D eigenvalue weighted by Gasteiger charge is -2.26. The van der Waals surface area contributed by atoms with Gasteiger partial charge in [0, 0.05) is 23.7 Å². The Morgan fingerprint density at radius 1 is 1.28 bits per heavy atom. The fourth-order valence-corrected chi connectivity index (χ4v) is 3.95. The van der Waals surface area contributed by atoms with Crippen LogP contribution in [0.25, 0.3) is 22.0 Å². The number of hydrogen-bond acceptors (Lipinski definition) is 4. The van der Waals surface area contributed by atoms with E-state index in [1.54, 1.807) is 29.8 Å². The summed E-state index contributed by atoms with van der Waals surface area (Å²) in [6.45, 7) is 0. The van der Waals surface area contributed by atoms with Crippen LogP contribution in [-0.4, -0.2) is 22.7 Å². The van der Waals surface area contributed by atoms with Gasteiger partial charge < -0.3 is 15.0 Å². The van der Waals surface area contributed by atoms with Gasteiger partial charge in [0.15, 0.2) is 0 Å². The molecule has 1 aliphatic heterocycles. The Labute approximate surface area is 146 Å². The van der Waals surface area contributed by atoms with E-state index in [4.69, 9.17) is 0 Å². The number of benzene rings is 2. The molecule has 1 aromatic heterocycles. The van der Waals surface area contributed by atoms with Crippen molar-refractivity contribution in [1.82, 2.24) is 4.57 Å². The number of aromatic nitrogens is 1. The Morgan fingerprint density at radius 3 is 2.56 bits per heavy atom. The van der Waals surface area contributed by atoms with Gasteiger partial charge in [0.25, 0.3) is 0 Å². The molecule has 0 spiro atoms. The molecule has 2 heterocycles. The molecule has 0 aliphatic carbocycles. The number of carboxylic acid groups (broad SMARTS) is 1. The van der Waals surface area contributed by atoms with Crippen LogP contribution in [0, 0.1) is 5.82 Å². The van der Waals surface area contributed by atoms with Gasteiger partial charge >= 0.3 is 5.97 Å². The molecule has 1 aliphatic rings. The smallest absolute Gasteiger partial charge is 0.342 e. The summed E-state index contributed by atoms with van der Waals surface area (Å²) in [5, 5.41) is 12.8. The summed E-state index contributed by atoms with van der Waals surface area (Å²) in [6.07, 6.45) is 0. The van der Waals surface area contributed by atoms with E-state index < -0.39 is 17.2 Å². The SMILES string of the molecule is CNc1ccc(-c2cc3c(cc2F)c(=O)c(C(=O)O)c2n3CS2)cc1. The van der Waals surface area contributed by atoms with Gasteiger partial charge in [0.1, 0.15) is 11.4 Å². The van der Waals surface area contributed by atoms with Gasteiger partial charge in [-0.3, -0.25) is 4.79 Å². The Bertz CT molecular complexity index is 1090. The number of nitrogens with one attached hydrogen (secondary N) is 1. The molecule has 5 nitrogen and oxygen atoms in total. The molecular formula is C18H13FN2O3S. The minimum atomic E-state index is -1.28. The average Bonchev–Trinajstić information content (AvgIpc) is 2.58. The largest absolute Gasteiger partial charge is 0.477 e. The number of hydrogen-bond donors (Lipinski definition) is 2. The summed E-state index contributed by atoms with van der Waals surface area (Å²) in [5.74, 6) is -1.29. The second-order valence-corrected chi connectivity index (χ2v) is 6.63. The highest BCUT2D eigenvalue weighted by Gasteiger charge is 2.28. The summed E-state index contributed by atoms with van der Waals surface area (Å²) in [6, 6.07) is 10.0. The molecule has 25 heavy (non-hydrogen) atoms. The Morgan fingerprint density at radius 2 is 2.00 bits per heavy atom. The van der Waals surface area contributed by atoms with Crippen LogP contribution in [0.5, 0.6) is 0 Å². The normalized spacial score (nSPS) is 12.6. The molecule has 2 N–H and O–H groups in total. The number of pyridine rings is 1. The number of rotatable bonds is 3. The van der Waals surface area contributed by atoms with Crippen molar-refractivity contribution < 1.29 is 14.3 Å². The van der Waals surface area contributed by atoms with Gasteiger partial charge in [0.05, 0.1) is 16.4 Å². The van der Waals surface area contributed by atoms with Gasteiger partial charge in [-0.05, 0) is 29.8 Å². The van der Waals surface area contributed by atoms with E-state index >= 15 is 0 Å². The van der Waals surface area contributed by atoms with Gasteiger partial charge in [-0.25, -0.2) is 9.18 Å². The van der Waals surface area contributed by atoms with Crippen molar-refractivity contribution in [2.24, 2.45) is 0 Å². The van der Waals surface area contributed by atoms with E-state index in [0.29, 0.717) is 27.5 Å². The molecule has 4 rings (SSSR count). The van der Waals surface area contributed by atoms with Gasteiger partial charge in [-0.2, -0.15) is 0 Å². The Kier molecular flexibility index (Phi) is 3.54. The number of anilines is 1. The van der Waals surface area contributed by atoms with E-state index in [9.17, 15) is 19.1 Å². The second-order valence-electron chi connectivity index (χ2n) is 5.69. The average molecular weight is 356 g/mol. The molecule has 3 aromatic rings. The standard InChI is InChI=1S/C18H13FN2O3S/c1-20-10-4-2-9(3-5-10)11-7-14-12(6-13(11)19)16(22)15(18(23)24)17-21(14)8-25-17/h2-7,20H,8H2,1H3,(H,23,24). The maximum absolute atomic E-state index is 14.6. The molecule has 0 radical (unpaired) electrons. The van der Waals surface area contributed by atoms with E-state index in [-0.39, 0.29) is 10.9 Å². The lowest BCUT2D eigenvalue weighted by Crippen LogP contribution is -2.26. The molecule has 2 aromatic carbocycles. The van der Waals surface area contributed by atoms with Crippen molar-refractivity contribution in [3.05, 3.63) is 58.0 Å². The first-order chi connectivity index (χ1) is 12.0. The third-order valence-corrected chi connectivity index (χ3v) is 5.42. The fourth-order valence-electron chi connectivity index (χ4n) is 3.00. The first kappa shape index (κ1) is 15.7. The molecule has 0 unspecified atom stereocenters. The van der Waals surface area contributed by atoms with Crippen LogP contribution in [0.4, 0.5) is 10.1 Å². The van der Waals surface area contributed by atoms with E-state index in [1.807, 2.05) is 12.1 Å². The first-order valence-electron chi connectivity index (χ1n) is 7.55. The number of halogens is 1. The quantitative estimate of drug-likeness (QED) is 0.750. The third-order valence-electron chi connectivity index (χ3n) is 4.34. The molecular weight excluding hydrogens is 343 g/mol. The summed E-state index contributed by atoms with van der Waals surface area (Å²) in [4.78, 5) is 23.9. The van der Waals surface area contributed by atoms with Crippen LogP contribution < -0.4 is 10.7 Å². The predicted molar refractivity (Wildman–Crippen MR) is 96.0 cm³/mol.